The van der Waals surface area contributed by atoms with Crippen LogP contribution in [0.3, 0.4) is 0 Å². The maximum Gasteiger partial charge on any atom is 0.397 e. The van der Waals surface area contributed by atoms with E-state index in [1.165, 1.54) is 12.1 Å². The molecule has 1 aromatic heterocycles. The third-order valence-electron chi connectivity index (χ3n) is 1.71. The van der Waals surface area contributed by atoms with Crippen LogP contribution in [-0.4, -0.2) is 17.3 Å². The number of carboxylic acids is 1. The van der Waals surface area contributed by atoms with Gasteiger partial charge in [0.25, 0.3) is 0 Å². The Kier molecular flexibility index (Phi) is 3.62. The molecular formula is C8H6ClF3O2S. The van der Waals surface area contributed by atoms with Crippen molar-refractivity contribution in [2.45, 2.75) is 18.5 Å². The Morgan fingerprint density at radius 3 is 2.47 bits per heavy atom. The first-order chi connectivity index (χ1) is 6.80. The second kappa shape index (κ2) is 4.40. The van der Waals surface area contributed by atoms with Crippen LogP contribution in [0.25, 0.3) is 0 Å². The van der Waals surface area contributed by atoms with Gasteiger partial charge in [-0.2, -0.15) is 13.2 Å². The zero-order valence-corrected chi connectivity index (χ0v) is 8.79. The summed E-state index contributed by atoms with van der Waals surface area (Å²) in [4.78, 5) is 10.2. The number of thiophene rings is 1. The average Bonchev–Trinajstić information content (AvgIpc) is 2.45. The molecule has 0 aliphatic rings. The Bertz CT molecular complexity index is 361. The summed E-state index contributed by atoms with van der Waals surface area (Å²) in [6.45, 7) is 0. The lowest BCUT2D eigenvalue weighted by Crippen LogP contribution is -2.22. The second-order valence-corrected chi connectivity index (χ2v) is 4.58. The van der Waals surface area contributed by atoms with Crippen molar-refractivity contribution in [3.05, 3.63) is 21.3 Å². The van der Waals surface area contributed by atoms with Gasteiger partial charge in [0.05, 0.1) is 16.7 Å². The van der Waals surface area contributed by atoms with E-state index in [1.807, 2.05) is 0 Å². The van der Waals surface area contributed by atoms with Gasteiger partial charge in [0.1, 0.15) is 0 Å². The molecule has 1 rings (SSSR count). The lowest BCUT2D eigenvalue weighted by Gasteiger charge is -2.16. The van der Waals surface area contributed by atoms with Crippen molar-refractivity contribution in [1.82, 2.24) is 0 Å². The number of hydrogen-bond acceptors (Lipinski definition) is 2. The third kappa shape index (κ3) is 3.39. The molecule has 2 nitrogen and oxygen atoms in total. The standard InChI is InChI=1S/C8H6ClF3O2S/c9-6-2-1-5(15-6)4(3-7(13)14)8(10,11)12/h1-2,4H,3H2,(H,13,14). The Balaban J connectivity index is 2.96. The first kappa shape index (κ1) is 12.3. The van der Waals surface area contributed by atoms with E-state index in [0.29, 0.717) is 0 Å². The number of rotatable bonds is 3. The lowest BCUT2D eigenvalue weighted by molar-refractivity contribution is -0.162. The van der Waals surface area contributed by atoms with Gasteiger partial charge >= 0.3 is 12.1 Å². The third-order valence-corrected chi connectivity index (χ3v) is 3.06. The Morgan fingerprint density at radius 1 is 1.53 bits per heavy atom. The monoisotopic (exact) mass is 258 g/mol. The quantitative estimate of drug-likeness (QED) is 0.901. The van der Waals surface area contributed by atoms with Crippen molar-refractivity contribution in [3.63, 3.8) is 0 Å². The summed E-state index contributed by atoms with van der Waals surface area (Å²) in [5.41, 5.74) is 0. The molecule has 0 spiro atoms. The highest BCUT2D eigenvalue weighted by Gasteiger charge is 2.42. The van der Waals surface area contributed by atoms with Crippen LogP contribution in [0.2, 0.25) is 4.34 Å². The summed E-state index contributed by atoms with van der Waals surface area (Å²) in [7, 11) is 0. The molecule has 0 amide bonds. The zero-order valence-electron chi connectivity index (χ0n) is 7.21. The highest BCUT2D eigenvalue weighted by molar-refractivity contribution is 7.16. The van der Waals surface area contributed by atoms with E-state index in [0.717, 1.165) is 11.3 Å². The van der Waals surface area contributed by atoms with E-state index >= 15 is 0 Å². The van der Waals surface area contributed by atoms with Gasteiger partial charge in [-0.05, 0) is 12.1 Å². The normalized spacial score (nSPS) is 13.9. The molecule has 0 fully saturated rings. The average molecular weight is 259 g/mol. The van der Waals surface area contributed by atoms with Crippen molar-refractivity contribution in [2.75, 3.05) is 0 Å². The van der Waals surface area contributed by atoms with Gasteiger partial charge in [-0.25, -0.2) is 0 Å². The fourth-order valence-electron chi connectivity index (χ4n) is 1.07. The van der Waals surface area contributed by atoms with Gasteiger partial charge in [0.15, 0.2) is 0 Å². The van der Waals surface area contributed by atoms with E-state index in [9.17, 15) is 18.0 Å². The van der Waals surface area contributed by atoms with Crippen LogP contribution in [0, 0.1) is 0 Å². The highest BCUT2D eigenvalue weighted by Crippen LogP contribution is 2.41. The zero-order chi connectivity index (χ0) is 11.6. The number of halogens is 4. The largest absolute Gasteiger partial charge is 0.481 e. The summed E-state index contributed by atoms with van der Waals surface area (Å²) in [5.74, 6) is -3.46. The van der Waals surface area contributed by atoms with Crippen LogP contribution < -0.4 is 0 Å². The number of hydrogen-bond donors (Lipinski definition) is 1. The minimum absolute atomic E-state index is 0.0742. The van der Waals surface area contributed by atoms with E-state index in [2.05, 4.69) is 0 Å². The number of carbonyl (C=O) groups is 1. The smallest absolute Gasteiger partial charge is 0.397 e. The molecule has 1 aromatic rings. The van der Waals surface area contributed by atoms with Crippen molar-refractivity contribution in [1.29, 1.82) is 0 Å². The molecule has 84 valence electrons. The van der Waals surface area contributed by atoms with E-state index < -0.39 is 24.5 Å². The molecule has 0 aliphatic heterocycles. The molecule has 0 saturated heterocycles. The molecule has 0 radical (unpaired) electrons. The first-order valence-electron chi connectivity index (χ1n) is 3.84. The molecule has 7 heteroatoms. The maximum atomic E-state index is 12.5. The highest BCUT2D eigenvalue weighted by atomic mass is 35.5. The SMILES string of the molecule is O=C(O)CC(c1ccc(Cl)s1)C(F)(F)F. The van der Waals surface area contributed by atoms with Crippen LogP contribution in [0.4, 0.5) is 13.2 Å². The minimum Gasteiger partial charge on any atom is -0.481 e. The van der Waals surface area contributed by atoms with Crippen molar-refractivity contribution in [2.24, 2.45) is 0 Å². The Hall–Kier alpha value is -0.750. The van der Waals surface area contributed by atoms with Crippen LogP contribution >= 0.6 is 22.9 Å². The topological polar surface area (TPSA) is 37.3 Å². The fraction of sp³-hybridized carbons (Fsp3) is 0.375. The van der Waals surface area contributed by atoms with Gasteiger partial charge in [-0.15, -0.1) is 11.3 Å². The predicted molar refractivity (Wildman–Crippen MR) is 50.4 cm³/mol. The maximum absolute atomic E-state index is 12.5. The summed E-state index contributed by atoms with van der Waals surface area (Å²) in [6, 6.07) is 2.52. The second-order valence-electron chi connectivity index (χ2n) is 2.83. The predicted octanol–water partition coefficient (Wildman–Crippen LogP) is 3.52. The summed E-state index contributed by atoms with van der Waals surface area (Å²) in [5, 5.41) is 8.39. The summed E-state index contributed by atoms with van der Waals surface area (Å²) >= 11 is 6.24. The number of carboxylic acid groups (broad SMARTS) is 1. The molecule has 1 N–H and O–H groups in total. The summed E-state index contributed by atoms with van der Waals surface area (Å²) < 4.78 is 37.6. The van der Waals surface area contributed by atoms with Gasteiger partial charge in [0, 0.05) is 4.88 Å². The molecular weight excluding hydrogens is 253 g/mol. The first-order valence-corrected chi connectivity index (χ1v) is 5.04. The number of alkyl halides is 3. The Morgan fingerprint density at radius 2 is 2.13 bits per heavy atom. The van der Waals surface area contributed by atoms with Gasteiger partial charge in [-0.1, -0.05) is 11.6 Å². The molecule has 15 heavy (non-hydrogen) atoms. The molecule has 0 saturated carbocycles. The molecule has 1 heterocycles. The van der Waals surface area contributed by atoms with Crippen molar-refractivity contribution >= 4 is 28.9 Å². The van der Waals surface area contributed by atoms with E-state index in [-0.39, 0.29) is 9.21 Å². The lowest BCUT2D eigenvalue weighted by atomic mass is 10.0. The number of aliphatic carboxylic acids is 1. The van der Waals surface area contributed by atoms with Crippen LogP contribution in [0.5, 0.6) is 0 Å². The van der Waals surface area contributed by atoms with Gasteiger partial charge < -0.3 is 5.11 Å². The van der Waals surface area contributed by atoms with Crippen LogP contribution in [-0.2, 0) is 4.79 Å². The minimum atomic E-state index is -4.56. The van der Waals surface area contributed by atoms with Crippen molar-refractivity contribution < 1.29 is 23.1 Å². The van der Waals surface area contributed by atoms with Gasteiger partial charge in [-0.3, -0.25) is 4.79 Å². The molecule has 0 aliphatic carbocycles. The molecule has 1 unspecified atom stereocenters. The van der Waals surface area contributed by atoms with E-state index in [1.54, 1.807) is 0 Å². The van der Waals surface area contributed by atoms with Crippen LogP contribution in [0.1, 0.15) is 17.2 Å². The summed E-state index contributed by atoms with van der Waals surface area (Å²) in [6.07, 6.45) is -5.53. The van der Waals surface area contributed by atoms with E-state index in [4.69, 9.17) is 16.7 Å². The molecule has 1 atom stereocenters. The molecule has 0 bridgehead atoms. The van der Waals surface area contributed by atoms with Crippen LogP contribution in [0.15, 0.2) is 12.1 Å². The van der Waals surface area contributed by atoms with Crippen molar-refractivity contribution in [3.8, 4) is 0 Å². The molecule has 0 aromatic carbocycles. The van der Waals surface area contributed by atoms with Gasteiger partial charge in [0.2, 0.25) is 0 Å². The fourth-order valence-corrected chi connectivity index (χ4v) is 2.25. The Labute approximate surface area is 92.3 Å².